The lowest BCUT2D eigenvalue weighted by Gasteiger charge is -2.09. The highest BCUT2D eigenvalue weighted by Crippen LogP contribution is 2.24. The SMILES string of the molecule is NC(=O)Nc1nc2c(s1)CNCC2. The first-order chi connectivity index (χ1) is 6.25. The molecule has 0 atom stereocenters. The molecule has 1 aliphatic heterocycles. The summed E-state index contributed by atoms with van der Waals surface area (Å²) in [7, 11) is 0. The Labute approximate surface area is 79.3 Å². The van der Waals surface area contributed by atoms with E-state index in [2.05, 4.69) is 15.6 Å². The van der Waals surface area contributed by atoms with Gasteiger partial charge < -0.3 is 11.1 Å². The van der Waals surface area contributed by atoms with Crippen LogP contribution in [0, 0.1) is 0 Å². The first-order valence-corrected chi connectivity index (χ1v) is 4.83. The summed E-state index contributed by atoms with van der Waals surface area (Å²) >= 11 is 1.48. The van der Waals surface area contributed by atoms with Gasteiger partial charge in [0, 0.05) is 24.4 Å². The molecule has 2 heterocycles. The Hall–Kier alpha value is -1.14. The second-order valence-corrected chi connectivity index (χ2v) is 3.89. The number of primary amides is 1. The van der Waals surface area contributed by atoms with Gasteiger partial charge in [-0.2, -0.15) is 0 Å². The summed E-state index contributed by atoms with van der Waals surface area (Å²) in [6.07, 6.45) is 0.923. The number of amides is 2. The second-order valence-electron chi connectivity index (χ2n) is 2.80. The molecule has 0 saturated carbocycles. The number of aromatic nitrogens is 1. The quantitative estimate of drug-likeness (QED) is 0.606. The molecule has 4 N–H and O–H groups in total. The number of anilines is 1. The van der Waals surface area contributed by atoms with Crippen LogP contribution in [-0.4, -0.2) is 17.6 Å². The normalized spacial score (nSPS) is 15.1. The maximum absolute atomic E-state index is 10.5. The highest BCUT2D eigenvalue weighted by molar-refractivity contribution is 7.15. The summed E-state index contributed by atoms with van der Waals surface area (Å²) in [5.41, 5.74) is 6.06. The number of carbonyl (C=O) groups is 1. The molecule has 2 rings (SSSR count). The van der Waals surface area contributed by atoms with E-state index in [9.17, 15) is 4.79 Å². The number of rotatable bonds is 1. The Kier molecular flexibility index (Phi) is 2.15. The van der Waals surface area contributed by atoms with E-state index in [0.717, 1.165) is 25.2 Å². The molecule has 6 heteroatoms. The minimum absolute atomic E-state index is 0.556. The summed E-state index contributed by atoms with van der Waals surface area (Å²) in [4.78, 5) is 16.0. The van der Waals surface area contributed by atoms with Gasteiger partial charge in [0.05, 0.1) is 5.69 Å². The minimum Gasteiger partial charge on any atom is -0.351 e. The monoisotopic (exact) mass is 198 g/mol. The van der Waals surface area contributed by atoms with Crippen LogP contribution in [0.2, 0.25) is 0 Å². The Bertz CT molecular complexity index is 312. The van der Waals surface area contributed by atoms with Crippen molar-refractivity contribution < 1.29 is 4.79 Å². The van der Waals surface area contributed by atoms with Gasteiger partial charge in [0.1, 0.15) is 0 Å². The molecule has 5 nitrogen and oxygen atoms in total. The standard InChI is InChI=1S/C7H10N4OS/c8-6(12)11-7-10-4-1-2-9-3-5(4)13-7/h9H,1-3H2,(H3,8,10,11,12). The van der Waals surface area contributed by atoms with Crippen molar-refractivity contribution in [2.24, 2.45) is 5.73 Å². The highest BCUT2D eigenvalue weighted by atomic mass is 32.1. The largest absolute Gasteiger partial charge is 0.351 e. The van der Waals surface area contributed by atoms with Crippen LogP contribution in [0.1, 0.15) is 10.6 Å². The average molecular weight is 198 g/mol. The Morgan fingerprint density at radius 3 is 3.23 bits per heavy atom. The van der Waals surface area contributed by atoms with Gasteiger partial charge in [0.2, 0.25) is 0 Å². The van der Waals surface area contributed by atoms with Crippen LogP contribution in [0.3, 0.4) is 0 Å². The van der Waals surface area contributed by atoms with Gasteiger partial charge in [-0.1, -0.05) is 0 Å². The molecule has 1 aromatic heterocycles. The van der Waals surface area contributed by atoms with Gasteiger partial charge in [-0.3, -0.25) is 5.32 Å². The maximum atomic E-state index is 10.5. The summed E-state index contributed by atoms with van der Waals surface area (Å²) < 4.78 is 0. The number of hydrogen-bond donors (Lipinski definition) is 3. The lowest BCUT2D eigenvalue weighted by atomic mass is 10.2. The molecule has 0 unspecified atom stereocenters. The first-order valence-electron chi connectivity index (χ1n) is 4.01. The first kappa shape index (κ1) is 8.46. The number of urea groups is 1. The van der Waals surface area contributed by atoms with Crippen LogP contribution in [0.25, 0.3) is 0 Å². The smallest absolute Gasteiger partial charge is 0.318 e. The molecule has 0 bridgehead atoms. The van der Waals surface area contributed by atoms with Crippen LogP contribution in [0.4, 0.5) is 9.93 Å². The van der Waals surface area contributed by atoms with Crippen molar-refractivity contribution in [3.63, 3.8) is 0 Å². The van der Waals surface area contributed by atoms with E-state index in [-0.39, 0.29) is 0 Å². The van der Waals surface area contributed by atoms with Crippen LogP contribution < -0.4 is 16.4 Å². The number of carbonyl (C=O) groups excluding carboxylic acids is 1. The third-order valence-electron chi connectivity index (χ3n) is 1.83. The molecule has 13 heavy (non-hydrogen) atoms. The molecule has 0 aliphatic carbocycles. The van der Waals surface area contributed by atoms with Crippen LogP contribution in [0.5, 0.6) is 0 Å². The van der Waals surface area contributed by atoms with Gasteiger partial charge in [0.15, 0.2) is 5.13 Å². The molecule has 70 valence electrons. The predicted octanol–water partition coefficient (Wildman–Crippen LogP) is 0.279. The van der Waals surface area contributed by atoms with E-state index in [1.165, 1.54) is 16.2 Å². The van der Waals surface area contributed by atoms with Crippen molar-refractivity contribution in [2.75, 3.05) is 11.9 Å². The highest BCUT2D eigenvalue weighted by Gasteiger charge is 2.14. The molecule has 1 aliphatic rings. The van der Waals surface area contributed by atoms with Gasteiger partial charge in [-0.25, -0.2) is 9.78 Å². The Morgan fingerprint density at radius 1 is 1.69 bits per heavy atom. The van der Waals surface area contributed by atoms with Crippen molar-refractivity contribution in [2.45, 2.75) is 13.0 Å². The van der Waals surface area contributed by atoms with Gasteiger partial charge >= 0.3 is 6.03 Å². The molecule has 0 spiro atoms. The Morgan fingerprint density at radius 2 is 2.54 bits per heavy atom. The van der Waals surface area contributed by atoms with E-state index in [4.69, 9.17) is 5.73 Å². The number of nitrogens with two attached hydrogens (primary N) is 1. The fourth-order valence-corrected chi connectivity index (χ4v) is 2.26. The third-order valence-corrected chi connectivity index (χ3v) is 2.85. The van der Waals surface area contributed by atoms with Crippen LogP contribution in [-0.2, 0) is 13.0 Å². The topological polar surface area (TPSA) is 80.0 Å². The Balaban J connectivity index is 2.20. The van der Waals surface area contributed by atoms with Crippen molar-refractivity contribution >= 4 is 22.5 Å². The van der Waals surface area contributed by atoms with E-state index < -0.39 is 6.03 Å². The molecule has 0 radical (unpaired) electrons. The summed E-state index contributed by atoms with van der Waals surface area (Å²) in [5.74, 6) is 0. The fourth-order valence-electron chi connectivity index (χ4n) is 1.28. The zero-order valence-electron chi connectivity index (χ0n) is 6.96. The van der Waals surface area contributed by atoms with E-state index >= 15 is 0 Å². The summed E-state index contributed by atoms with van der Waals surface area (Å²) in [6, 6.07) is -0.556. The van der Waals surface area contributed by atoms with Gasteiger partial charge in [-0.15, -0.1) is 11.3 Å². The van der Waals surface area contributed by atoms with Crippen LogP contribution >= 0.6 is 11.3 Å². The van der Waals surface area contributed by atoms with E-state index in [1.54, 1.807) is 0 Å². The van der Waals surface area contributed by atoms with Gasteiger partial charge in [-0.05, 0) is 0 Å². The molecule has 0 saturated heterocycles. The summed E-state index contributed by atoms with van der Waals surface area (Å²) in [6.45, 7) is 1.79. The molecular weight excluding hydrogens is 188 g/mol. The minimum atomic E-state index is -0.556. The number of nitrogens with zero attached hydrogens (tertiary/aromatic N) is 1. The van der Waals surface area contributed by atoms with Crippen molar-refractivity contribution in [3.05, 3.63) is 10.6 Å². The van der Waals surface area contributed by atoms with Crippen molar-refractivity contribution in [1.29, 1.82) is 0 Å². The second kappa shape index (κ2) is 3.31. The molecule has 0 aromatic carbocycles. The molecular formula is C7H10N4OS. The van der Waals surface area contributed by atoms with E-state index in [1.807, 2.05) is 0 Å². The fraction of sp³-hybridized carbons (Fsp3) is 0.429. The van der Waals surface area contributed by atoms with Crippen LogP contribution in [0.15, 0.2) is 0 Å². The van der Waals surface area contributed by atoms with Crippen molar-refractivity contribution in [3.8, 4) is 0 Å². The molecule has 1 aromatic rings. The number of nitrogens with one attached hydrogen (secondary N) is 2. The lowest BCUT2D eigenvalue weighted by Crippen LogP contribution is -2.22. The molecule has 2 amide bonds. The average Bonchev–Trinajstić information content (AvgIpc) is 2.44. The summed E-state index contributed by atoms with van der Waals surface area (Å²) in [5, 5.41) is 6.31. The lowest BCUT2D eigenvalue weighted by molar-refractivity contribution is 0.259. The van der Waals surface area contributed by atoms with E-state index in [0.29, 0.717) is 5.13 Å². The van der Waals surface area contributed by atoms with Gasteiger partial charge in [0.25, 0.3) is 0 Å². The molecule has 0 fully saturated rings. The number of thiazole rings is 1. The maximum Gasteiger partial charge on any atom is 0.318 e. The third kappa shape index (κ3) is 1.78. The van der Waals surface area contributed by atoms with Crippen molar-refractivity contribution in [1.82, 2.24) is 10.3 Å². The zero-order chi connectivity index (χ0) is 9.26. The zero-order valence-corrected chi connectivity index (χ0v) is 7.78. The predicted molar refractivity (Wildman–Crippen MR) is 50.7 cm³/mol. The number of fused-ring (bicyclic) bond motifs is 1. The number of hydrogen-bond acceptors (Lipinski definition) is 4.